The number of aromatic nitrogens is 2. The summed E-state index contributed by atoms with van der Waals surface area (Å²) < 4.78 is 7.86. The summed E-state index contributed by atoms with van der Waals surface area (Å²) in [6.07, 6.45) is 8.22. The molecule has 1 aromatic rings. The highest BCUT2D eigenvalue weighted by molar-refractivity contribution is 5.74. The number of ether oxygens (including phenoxy) is 1. The van der Waals surface area contributed by atoms with Gasteiger partial charge in [-0.2, -0.15) is 5.10 Å². The standard InChI is InChI=1S/C17H29N5O2/c1-3-18-17(23)22-8-6-14(7-9-22)20-15-5-4-10-24-16(15)13-11-19-21(2)12-13/h11-12,14-16,20H,3-10H2,1-2H3,(H,18,23)/t15-,16+/m0/s1. The van der Waals surface area contributed by atoms with Gasteiger partial charge in [0.05, 0.1) is 6.20 Å². The molecule has 1 aromatic heterocycles. The van der Waals surface area contributed by atoms with Crippen LogP contribution < -0.4 is 10.6 Å². The summed E-state index contributed by atoms with van der Waals surface area (Å²) in [5, 5.41) is 10.9. The summed E-state index contributed by atoms with van der Waals surface area (Å²) in [5.74, 6) is 0. The second-order valence-corrected chi connectivity index (χ2v) is 6.75. The number of rotatable bonds is 4. The van der Waals surface area contributed by atoms with Crippen LogP contribution in [-0.2, 0) is 11.8 Å². The minimum atomic E-state index is 0.0604. The Morgan fingerprint density at radius 3 is 2.83 bits per heavy atom. The average molecular weight is 335 g/mol. The number of aryl methyl sites for hydroxylation is 1. The van der Waals surface area contributed by atoms with E-state index in [2.05, 4.69) is 15.7 Å². The van der Waals surface area contributed by atoms with Gasteiger partial charge < -0.3 is 20.3 Å². The number of urea groups is 1. The van der Waals surface area contributed by atoms with Gasteiger partial charge in [0, 0.05) is 57.1 Å². The van der Waals surface area contributed by atoms with Crippen LogP contribution in [0.25, 0.3) is 0 Å². The van der Waals surface area contributed by atoms with Crippen LogP contribution >= 0.6 is 0 Å². The van der Waals surface area contributed by atoms with Crippen LogP contribution in [0.1, 0.15) is 44.3 Å². The van der Waals surface area contributed by atoms with Gasteiger partial charge in [-0.3, -0.25) is 4.68 Å². The topological polar surface area (TPSA) is 71.4 Å². The Hall–Kier alpha value is -1.60. The van der Waals surface area contributed by atoms with Gasteiger partial charge >= 0.3 is 6.03 Å². The Labute approximate surface area is 143 Å². The van der Waals surface area contributed by atoms with Gasteiger partial charge in [-0.15, -0.1) is 0 Å². The number of likely N-dealkylation sites (tertiary alicyclic amines) is 1. The molecule has 2 N–H and O–H groups in total. The number of carbonyl (C=O) groups excluding carboxylic acids is 1. The van der Waals surface area contributed by atoms with E-state index in [9.17, 15) is 4.79 Å². The fourth-order valence-electron chi connectivity index (χ4n) is 3.68. The first kappa shape index (κ1) is 17.2. The second-order valence-electron chi connectivity index (χ2n) is 6.75. The Bertz CT molecular complexity index is 539. The Kier molecular flexibility index (Phi) is 5.73. The lowest BCUT2D eigenvalue weighted by Gasteiger charge is -2.38. The van der Waals surface area contributed by atoms with Gasteiger partial charge in [-0.25, -0.2) is 4.79 Å². The highest BCUT2D eigenvalue weighted by Gasteiger charge is 2.31. The number of nitrogens with zero attached hydrogens (tertiary/aromatic N) is 3. The van der Waals surface area contributed by atoms with Gasteiger partial charge in [-0.1, -0.05) is 0 Å². The zero-order valence-electron chi connectivity index (χ0n) is 14.7. The van der Waals surface area contributed by atoms with Crippen molar-refractivity contribution in [1.29, 1.82) is 0 Å². The van der Waals surface area contributed by atoms with Gasteiger partial charge in [-0.05, 0) is 32.6 Å². The molecule has 134 valence electrons. The molecular formula is C17H29N5O2. The number of amides is 2. The first-order valence-electron chi connectivity index (χ1n) is 9.06. The predicted octanol–water partition coefficient (Wildman–Crippen LogP) is 1.42. The first-order chi connectivity index (χ1) is 11.7. The normalized spacial score (nSPS) is 25.7. The molecule has 7 nitrogen and oxygen atoms in total. The van der Waals surface area contributed by atoms with Crippen molar-refractivity contribution >= 4 is 6.03 Å². The molecule has 7 heteroatoms. The molecule has 0 unspecified atom stereocenters. The highest BCUT2D eigenvalue weighted by atomic mass is 16.5. The Morgan fingerprint density at radius 2 is 2.17 bits per heavy atom. The molecule has 0 saturated carbocycles. The summed E-state index contributed by atoms with van der Waals surface area (Å²) in [4.78, 5) is 13.8. The molecule has 3 heterocycles. The van der Waals surface area contributed by atoms with Crippen LogP contribution in [0.5, 0.6) is 0 Å². The number of hydrogen-bond acceptors (Lipinski definition) is 4. The monoisotopic (exact) mass is 335 g/mol. The molecule has 2 saturated heterocycles. The van der Waals surface area contributed by atoms with E-state index in [-0.39, 0.29) is 12.1 Å². The van der Waals surface area contributed by atoms with Crippen LogP contribution in [0.4, 0.5) is 4.79 Å². The van der Waals surface area contributed by atoms with E-state index < -0.39 is 0 Å². The molecule has 0 aromatic carbocycles. The molecule has 0 bridgehead atoms. The van der Waals surface area contributed by atoms with E-state index in [0.29, 0.717) is 18.6 Å². The molecule has 2 atom stereocenters. The Balaban J connectivity index is 1.54. The molecule has 2 aliphatic heterocycles. The molecule has 0 aliphatic carbocycles. The Morgan fingerprint density at radius 1 is 1.38 bits per heavy atom. The van der Waals surface area contributed by atoms with Crippen molar-refractivity contribution in [3.63, 3.8) is 0 Å². The lowest BCUT2D eigenvalue weighted by molar-refractivity contribution is -0.0158. The summed E-state index contributed by atoms with van der Waals surface area (Å²) in [5.41, 5.74) is 1.15. The van der Waals surface area contributed by atoms with E-state index in [1.54, 1.807) is 0 Å². The molecule has 24 heavy (non-hydrogen) atoms. The number of hydrogen-bond donors (Lipinski definition) is 2. The number of nitrogens with one attached hydrogen (secondary N) is 2. The maximum absolute atomic E-state index is 11.9. The predicted molar refractivity (Wildman–Crippen MR) is 91.7 cm³/mol. The zero-order chi connectivity index (χ0) is 16.9. The SMILES string of the molecule is CCNC(=O)N1CCC(N[C@H]2CCCO[C@@H]2c2cnn(C)c2)CC1. The van der Waals surface area contributed by atoms with E-state index in [0.717, 1.165) is 50.9 Å². The van der Waals surface area contributed by atoms with Crippen molar-refractivity contribution in [2.45, 2.75) is 50.8 Å². The van der Waals surface area contributed by atoms with E-state index in [1.807, 2.05) is 35.9 Å². The molecule has 3 rings (SSSR count). The summed E-state index contributed by atoms with van der Waals surface area (Å²) >= 11 is 0. The van der Waals surface area contributed by atoms with Crippen molar-refractivity contribution in [3.05, 3.63) is 18.0 Å². The third kappa shape index (κ3) is 4.08. The van der Waals surface area contributed by atoms with E-state index >= 15 is 0 Å². The van der Waals surface area contributed by atoms with Crippen LogP contribution in [0.3, 0.4) is 0 Å². The van der Waals surface area contributed by atoms with Crippen molar-refractivity contribution < 1.29 is 9.53 Å². The lowest BCUT2D eigenvalue weighted by atomic mass is 9.95. The molecule has 2 amide bonds. The maximum Gasteiger partial charge on any atom is 0.317 e. The third-order valence-corrected chi connectivity index (χ3v) is 4.94. The molecule has 0 radical (unpaired) electrons. The van der Waals surface area contributed by atoms with Crippen molar-refractivity contribution in [2.75, 3.05) is 26.2 Å². The highest BCUT2D eigenvalue weighted by Crippen LogP contribution is 2.29. The quantitative estimate of drug-likeness (QED) is 0.873. The summed E-state index contributed by atoms with van der Waals surface area (Å²) in [6, 6.07) is 0.829. The van der Waals surface area contributed by atoms with E-state index in [1.165, 1.54) is 0 Å². The van der Waals surface area contributed by atoms with Crippen LogP contribution in [0, 0.1) is 0 Å². The van der Waals surface area contributed by atoms with Crippen LogP contribution in [-0.4, -0.2) is 59.0 Å². The maximum atomic E-state index is 11.9. The summed E-state index contributed by atoms with van der Waals surface area (Å²) in [7, 11) is 1.94. The molecule has 0 spiro atoms. The number of carbonyl (C=O) groups is 1. The van der Waals surface area contributed by atoms with E-state index in [4.69, 9.17) is 4.74 Å². The fourth-order valence-corrected chi connectivity index (χ4v) is 3.68. The van der Waals surface area contributed by atoms with Crippen LogP contribution in [0.15, 0.2) is 12.4 Å². The third-order valence-electron chi connectivity index (χ3n) is 4.94. The summed E-state index contributed by atoms with van der Waals surface area (Å²) in [6.45, 7) is 5.08. The fraction of sp³-hybridized carbons (Fsp3) is 0.765. The van der Waals surface area contributed by atoms with Gasteiger partial charge in [0.15, 0.2) is 0 Å². The average Bonchev–Trinajstić information content (AvgIpc) is 3.02. The van der Waals surface area contributed by atoms with Crippen LogP contribution in [0.2, 0.25) is 0 Å². The largest absolute Gasteiger partial charge is 0.372 e. The van der Waals surface area contributed by atoms with Gasteiger partial charge in [0.2, 0.25) is 0 Å². The smallest absolute Gasteiger partial charge is 0.317 e. The molecule has 2 fully saturated rings. The van der Waals surface area contributed by atoms with Crippen molar-refractivity contribution in [3.8, 4) is 0 Å². The molecular weight excluding hydrogens is 306 g/mol. The van der Waals surface area contributed by atoms with Crippen molar-refractivity contribution in [1.82, 2.24) is 25.3 Å². The lowest BCUT2D eigenvalue weighted by Crippen LogP contribution is -2.52. The second kappa shape index (κ2) is 7.98. The minimum absolute atomic E-state index is 0.0604. The van der Waals surface area contributed by atoms with Gasteiger partial charge in [0.1, 0.15) is 6.10 Å². The first-order valence-corrected chi connectivity index (χ1v) is 9.06. The van der Waals surface area contributed by atoms with Gasteiger partial charge in [0.25, 0.3) is 0 Å². The van der Waals surface area contributed by atoms with Crippen molar-refractivity contribution in [2.24, 2.45) is 7.05 Å². The minimum Gasteiger partial charge on any atom is -0.372 e. The zero-order valence-corrected chi connectivity index (χ0v) is 14.7. The number of piperidine rings is 1. The molecule has 2 aliphatic rings.